The van der Waals surface area contributed by atoms with Crippen LogP contribution in [0.1, 0.15) is 10.4 Å². The van der Waals surface area contributed by atoms with E-state index in [9.17, 15) is 18.4 Å². The SMILES string of the molecule is CN(C)CCN1CCN(c2cccc(NC(=O)c3cc(F)cc4c(=O)c5cc(F)ccc5[nH]c34)c2)CC1. The van der Waals surface area contributed by atoms with E-state index in [0.717, 1.165) is 63.2 Å². The van der Waals surface area contributed by atoms with Crippen molar-refractivity contribution in [2.45, 2.75) is 0 Å². The molecular weight excluding hydrogens is 476 g/mol. The second-order valence-electron chi connectivity index (χ2n) is 9.66. The van der Waals surface area contributed by atoms with Crippen LogP contribution in [-0.2, 0) is 0 Å². The number of carbonyl (C=O) groups excluding carboxylic acids is 1. The molecule has 1 aromatic heterocycles. The van der Waals surface area contributed by atoms with Crippen molar-refractivity contribution < 1.29 is 13.6 Å². The normalized spacial score (nSPS) is 14.6. The molecule has 3 aromatic carbocycles. The number of pyridine rings is 1. The van der Waals surface area contributed by atoms with Gasteiger partial charge >= 0.3 is 0 Å². The van der Waals surface area contributed by atoms with Crippen molar-refractivity contribution in [3.8, 4) is 0 Å². The topological polar surface area (TPSA) is 71.7 Å². The molecule has 9 heteroatoms. The van der Waals surface area contributed by atoms with E-state index in [1.807, 2.05) is 18.2 Å². The lowest BCUT2D eigenvalue weighted by Gasteiger charge is -2.36. The Hall–Kier alpha value is -3.82. The Morgan fingerprint density at radius 3 is 2.49 bits per heavy atom. The number of carbonyl (C=O) groups is 1. The molecule has 5 rings (SSSR count). The van der Waals surface area contributed by atoms with Crippen LogP contribution in [0.4, 0.5) is 20.2 Å². The van der Waals surface area contributed by atoms with Crippen molar-refractivity contribution in [3.63, 3.8) is 0 Å². The van der Waals surface area contributed by atoms with Crippen LogP contribution in [0.5, 0.6) is 0 Å². The molecule has 1 amide bonds. The van der Waals surface area contributed by atoms with Crippen LogP contribution in [0.2, 0.25) is 0 Å². The van der Waals surface area contributed by atoms with Crippen LogP contribution >= 0.6 is 0 Å². The van der Waals surface area contributed by atoms with Gasteiger partial charge in [0, 0.05) is 66.9 Å². The number of halogens is 2. The first-order chi connectivity index (χ1) is 17.8. The number of rotatable bonds is 6. The molecule has 0 bridgehead atoms. The van der Waals surface area contributed by atoms with Crippen LogP contribution in [0.25, 0.3) is 21.8 Å². The van der Waals surface area contributed by atoms with Crippen molar-refractivity contribution in [3.05, 3.63) is 82.0 Å². The Balaban J connectivity index is 1.38. The van der Waals surface area contributed by atoms with Crippen molar-refractivity contribution >= 4 is 39.1 Å². The zero-order chi connectivity index (χ0) is 26.1. The predicted molar refractivity (Wildman–Crippen MR) is 144 cm³/mol. The average molecular weight is 506 g/mol. The number of likely N-dealkylation sites (N-methyl/N-ethyl adjacent to an activating group) is 1. The number of aromatic nitrogens is 1. The molecule has 1 fully saturated rings. The van der Waals surface area contributed by atoms with Gasteiger partial charge in [0.15, 0.2) is 5.43 Å². The number of hydrogen-bond donors (Lipinski definition) is 2. The van der Waals surface area contributed by atoms with Crippen molar-refractivity contribution in [1.82, 2.24) is 14.8 Å². The standard InChI is InChI=1S/C28H29F2N5O2/c1-33(2)8-9-34-10-12-35(13-11-34)21-5-3-4-20(17-21)31-28(37)24-16-19(30)15-23-26(24)32-25-7-6-18(29)14-22(25)27(23)36/h3-7,14-17H,8-13H2,1-2H3,(H,31,37)(H,32,36). The molecule has 1 aliphatic heterocycles. The fourth-order valence-electron chi connectivity index (χ4n) is 4.74. The van der Waals surface area contributed by atoms with E-state index in [0.29, 0.717) is 11.2 Å². The molecule has 4 aromatic rings. The molecule has 0 aliphatic carbocycles. The number of hydrogen-bond acceptors (Lipinski definition) is 5. The van der Waals surface area contributed by atoms with Crippen molar-refractivity contribution in [1.29, 1.82) is 0 Å². The summed E-state index contributed by atoms with van der Waals surface area (Å²) < 4.78 is 28.2. The molecule has 0 unspecified atom stereocenters. The van der Waals surface area contributed by atoms with Crippen LogP contribution in [-0.4, -0.2) is 74.1 Å². The number of H-pyrrole nitrogens is 1. The highest BCUT2D eigenvalue weighted by atomic mass is 19.1. The minimum absolute atomic E-state index is 0.00163. The number of fused-ring (bicyclic) bond motifs is 2. The van der Waals surface area contributed by atoms with Gasteiger partial charge in [-0.25, -0.2) is 8.78 Å². The highest BCUT2D eigenvalue weighted by Gasteiger charge is 2.19. The van der Waals surface area contributed by atoms with Crippen LogP contribution < -0.4 is 15.6 Å². The molecule has 0 saturated carbocycles. The molecule has 0 spiro atoms. The van der Waals surface area contributed by atoms with E-state index in [4.69, 9.17) is 0 Å². The minimum atomic E-state index is -0.722. The molecule has 0 radical (unpaired) electrons. The summed E-state index contributed by atoms with van der Waals surface area (Å²) in [6, 6.07) is 13.5. The Morgan fingerprint density at radius 2 is 1.73 bits per heavy atom. The zero-order valence-corrected chi connectivity index (χ0v) is 20.9. The third-order valence-electron chi connectivity index (χ3n) is 6.78. The fraction of sp³-hybridized carbons (Fsp3) is 0.286. The smallest absolute Gasteiger partial charge is 0.257 e. The summed E-state index contributed by atoms with van der Waals surface area (Å²) in [5, 5.41) is 2.93. The first kappa shape index (κ1) is 24.9. The molecule has 7 nitrogen and oxygen atoms in total. The van der Waals surface area contributed by atoms with Crippen molar-refractivity contribution in [2.24, 2.45) is 0 Å². The molecule has 192 valence electrons. The summed E-state index contributed by atoms with van der Waals surface area (Å²) in [4.78, 5) is 36.1. The fourth-order valence-corrected chi connectivity index (χ4v) is 4.74. The van der Waals surface area contributed by atoms with E-state index in [1.165, 1.54) is 12.1 Å². The number of aromatic amines is 1. The molecule has 0 atom stereocenters. The van der Waals surface area contributed by atoms with E-state index in [2.05, 4.69) is 39.1 Å². The van der Waals surface area contributed by atoms with Gasteiger partial charge in [0.05, 0.1) is 11.1 Å². The third kappa shape index (κ3) is 5.33. The lowest BCUT2D eigenvalue weighted by Crippen LogP contribution is -2.48. The number of nitrogens with zero attached hydrogens (tertiary/aromatic N) is 3. The maximum Gasteiger partial charge on any atom is 0.257 e. The molecule has 1 saturated heterocycles. The quantitative estimate of drug-likeness (QED) is 0.389. The molecule has 1 aliphatic rings. The van der Waals surface area contributed by atoms with Gasteiger partial charge in [-0.15, -0.1) is 0 Å². The Labute approximate surface area is 213 Å². The minimum Gasteiger partial charge on any atom is -0.369 e. The average Bonchev–Trinajstić information content (AvgIpc) is 2.88. The number of nitrogens with one attached hydrogen (secondary N) is 2. The van der Waals surface area contributed by atoms with Gasteiger partial charge in [-0.05, 0) is 62.6 Å². The van der Waals surface area contributed by atoms with Gasteiger partial charge in [0.1, 0.15) is 11.6 Å². The van der Waals surface area contributed by atoms with E-state index in [-0.39, 0.29) is 21.9 Å². The van der Waals surface area contributed by atoms with Crippen molar-refractivity contribution in [2.75, 3.05) is 63.6 Å². The van der Waals surface area contributed by atoms with E-state index in [1.54, 1.807) is 6.07 Å². The van der Waals surface area contributed by atoms with Crippen LogP contribution in [0.3, 0.4) is 0 Å². The first-order valence-electron chi connectivity index (χ1n) is 12.3. The number of piperazine rings is 1. The second-order valence-corrected chi connectivity index (χ2v) is 9.66. The predicted octanol–water partition coefficient (Wildman–Crippen LogP) is 3.90. The highest BCUT2D eigenvalue weighted by Crippen LogP contribution is 2.24. The van der Waals surface area contributed by atoms with E-state index < -0.39 is 23.0 Å². The lowest BCUT2D eigenvalue weighted by molar-refractivity contribution is 0.102. The van der Waals surface area contributed by atoms with Gasteiger partial charge in [-0.2, -0.15) is 0 Å². The summed E-state index contributed by atoms with van der Waals surface area (Å²) in [5.74, 6) is -1.84. The second kappa shape index (κ2) is 10.3. The summed E-state index contributed by atoms with van der Waals surface area (Å²) in [6.45, 7) is 5.75. The van der Waals surface area contributed by atoms with Gasteiger partial charge in [0.25, 0.3) is 5.91 Å². The molecule has 2 heterocycles. The summed E-state index contributed by atoms with van der Waals surface area (Å²) in [5.41, 5.74) is 1.59. The molecule has 37 heavy (non-hydrogen) atoms. The molecular formula is C28H29F2N5O2. The Bertz CT molecular complexity index is 1530. The van der Waals surface area contributed by atoms with Gasteiger partial charge in [-0.1, -0.05) is 6.07 Å². The summed E-state index contributed by atoms with van der Waals surface area (Å²) >= 11 is 0. The first-order valence-corrected chi connectivity index (χ1v) is 12.3. The number of benzene rings is 3. The highest BCUT2D eigenvalue weighted by molar-refractivity contribution is 6.13. The largest absolute Gasteiger partial charge is 0.369 e. The van der Waals surface area contributed by atoms with Gasteiger partial charge in [0.2, 0.25) is 0 Å². The monoisotopic (exact) mass is 505 g/mol. The number of anilines is 2. The lowest BCUT2D eigenvalue weighted by atomic mass is 10.0. The summed E-state index contributed by atoms with van der Waals surface area (Å²) in [6.07, 6.45) is 0. The van der Waals surface area contributed by atoms with Crippen LogP contribution in [0.15, 0.2) is 59.4 Å². The maximum absolute atomic E-state index is 14.5. The van der Waals surface area contributed by atoms with Gasteiger partial charge in [-0.3, -0.25) is 14.5 Å². The zero-order valence-electron chi connectivity index (χ0n) is 20.9. The van der Waals surface area contributed by atoms with Crippen LogP contribution in [0, 0.1) is 11.6 Å². The van der Waals surface area contributed by atoms with Gasteiger partial charge < -0.3 is 20.1 Å². The maximum atomic E-state index is 14.5. The third-order valence-corrected chi connectivity index (χ3v) is 6.78. The number of amides is 1. The Kier molecular flexibility index (Phi) is 6.90. The Morgan fingerprint density at radius 1 is 0.973 bits per heavy atom. The molecule has 2 N–H and O–H groups in total. The summed E-state index contributed by atoms with van der Waals surface area (Å²) in [7, 11) is 4.15. The van der Waals surface area contributed by atoms with E-state index >= 15 is 0 Å².